The van der Waals surface area contributed by atoms with E-state index in [0.717, 1.165) is 17.6 Å². The second-order valence-corrected chi connectivity index (χ2v) is 6.09. The van der Waals surface area contributed by atoms with Gasteiger partial charge in [-0.15, -0.1) is 0 Å². The zero-order valence-corrected chi connectivity index (χ0v) is 10.7. The molecule has 0 amide bonds. The molecule has 5 heteroatoms. The summed E-state index contributed by atoms with van der Waals surface area (Å²) in [5.41, 5.74) is 0.209. The van der Waals surface area contributed by atoms with Crippen molar-refractivity contribution in [1.29, 1.82) is 0 Å². The first-order valence-corrected chi connectivity index (χ1v) is 6.55. The number of aromatic nitrogens is 2. The topological polar surface area (TPSA) is 47.0 Å². The van der Waals surface area contributed by atoms with Gasteiger partial charge in [-0.3, -0.25) is 0 Å². The Balaban J connectivity index is 1.75. The Morgan fingerprint density at radius 1 is 1.50 bits per heavy atom. The van der Waals surface area contributed by atoms with Crippen LogP contribution >= 0.6 is 11.5 Å². The summed E-state index contributed by atoms with van der Waals surface area (Å²) in [6.07, 6.45) is 1.60. The number of fused-ring (bicyclic) bond motifs is 1. The minimum atomic E-state index is 0.209. The predicted molar refractivity (Wildman–Crippen MR) is 63.7 cm³/mol. The molecular formula is C11H17N3OS. The lowest BCUT2D eigenvalue weighted by Gasteiger charge is -2.54. The molecule has 0 radical (unpaired) electrons. The van der Waals surface area contributed by atoms with Crippen molar-refractivity contribution in [3.8, 4) is 0 Å². The summed E-state index contributed by atoms with van der Waals surface area (Å²) < 4.78 is 9.97. The molecule has 3 atom stereocenters. The number of nitrogens with zero attached hydrogens (tertiary/aromatic N) is 2. The van der Waals surface area contributed by atoms with Crippen LogP contribution < -0.4 is 5.32 Å². The third kappa shape index (κ3) is 1.38. The number of nitrogens with one attached hydrogen (secondary N) is 1. The molecule has 0 aromatic carbocycles. The molecule has 1 saturated heterocycles. The van der Waals surface area contributed by atoms with Gasteiger partial charge in [0.05, 0.1) is 6.10 Å². The normalized spacial score (nSPS) is 35.6. The van der Waals surface area contributed by atoms with Crippen LogP contribution in [0.5, 0.6) is 0 Å². The molecule has 88 valence electrons. The Labute approximate surface area is 99.6 Å². The Kier molecular flexibility index (Phi) is 2.23. The van der Waals surface area contributed by atoms with Gasteiger partial charge in [0, 0.05) is 35.5 Å². The summed E-state index contributed by atoms with van der Waals surface area (Å²) in [6, 6.07) is 0.479. The summed E-state index contributed by atoms with van der Waals surface area (Å²) >= 11 is 1.45. The average Bonchev–Trinajstić information content (AvgIpc) is 2.81. The standard InChI is InChI=1S/C11H17N3OS/c1-6-12-10(16-14-6)13-8-7-4-5-15-9(7)11(8,2)3/h7-9H,4-5H2,1-3H3,(H,12,13,14)/t7-,8+,9+/m0/s1. The van der Waals surface area contributed by atoms with Gasteiger partial charge in [-0.05, 0) is 13.3 Å². The maximum Gasteiger partial charge on any atom is 0.202 e. The lowest BCUT2D eigenvalue weighted by Crippen LogP contribution is -2.63. The van der Waals surface area contributed by atoms with Gasteiger partial charge < -0.3 is 10.1 Å². The van der Waals surface area contributed by atoms with Crippen LogP contribution in [0.2, 0.25) is 0 Å². The van der Waals surface area contributed by atoms with E-state index in [1.807, 2.05) is 6.92 Å². The van der Waals surface area contributed by atoms with E-state index in [9.17, 15) is 0 Å². The van der Waals surface area contributed by atoms with Crippen molar-refractivity contribution < 1.29 is 4.74 Å². The number of aryl methyl sites for hydroxylation is 1. The van der Waals surface area contributed by atoms with E-state index in [2.05, 4.69) is 28.5 Å². The highest BCUT2D eigenvalue weighted by Crippen LogP contribution is 2.53. The van der Waals surface area contributed by atoms with E-state index >= 15 is 0 Å². The zero-order valence-electron chi connectivity index (χ0n) is 9.86. The second-order valence-electron chi connectivity index (χ2n) is 5.33. The van der Waals surface area contributed by atoms with Crippen LogP contribution in [0, 0.1) is 18.3 Å². The number of rotatable bonds is 2. The molecular weight excluding hydrogens is 222 g/mol. The second kappa shape index (κ2) is 3.40. The molecule has 2 fully saturated rings. The fraction of sp³-hybridized carbons (Fsp3) is 0.818. The number of anilines is 1. The maximum atomic E-state index is 5.77. The van der Waals surface area contributed by atoms with E-state index in [4.69, 9.17) is 4.74 Å². The maximum absolute atomic E-state index is 5.77. The molecule has 3 rings (SSSR count). The summed E-state index contributed by atoms with van der Waals surface area (Å²) in [6.45, 7) is 7.37. The number of ether oxygens (including phenoxy) is 1. The van der Waals surface area contributed by atoms with Crippen LogP contribution in [0.3, 0.4) is 0 Å². The Bertz CT molecular complexity index is 404. The van der Waals surface area contributed by atoms with Crippen molar-refractivity contribution in [3.05, 3.63) is 5.82 Å². The summed E-state index contributed by atoms with van der Waals surface area (Å²) in [4.78, 5) is 4.37. The summed E-state index contributed by atoms with van der Waals surface area (Å²) in [5, 5.41) is 4.47. The largest absolute Gasteiger partial charge is 0.377 e. The summed E-state index contributed by atoms with van der Waals surface area (Å²) in [5.74, 6) is 1.50. The van der Waals surface area contributed by atoms with Crippen molar-refractivity contribution >= 4 is 16.7 Å². The lowest BCUT2D eigenvalue weighted by molar-refractivity contribution is -0.0923. The smallest absolute Gasteiger partial charge is 0.202 e. The monoisotopic (exact) mass is 239 g/mol. The molecule has 2 heterocycles. The first kappa shape index (κ1) is 10.5. The fourth-order valence-electron chi connectivity index (χ4n) is 3.11. The van der Waals surface area contributed by atoms with Crippen LogP contribution in [0.4, 0.5) is 5.13 Å². The molecule has 4 nitrogen and oxygen atoms in total. The van der Waals surface area contributed by atoms with Crippen LogP contribution in [0.25, 0.3) is 0 Å². The van der Waals surface area contributed by atoms with Gasteiger partial charge >= 0.3 is 0 Å². The number of hydrogen-bond donors (Lipinski definition) is 1. The van der Waals surface area contributed by atoms with E-state index in [1.165, 1.54) is 18.0 Å². The van der Waals surface area contributed by atoms with Gasteiger partial charge in [0.2, 0.25) is 5.13 Å². The third-order valence-corrected chi connectivity index (χ3v) is 4.64. The van der Waals surface area contributed by atoms with Crippen molar-refractivity contribution in [2.75, 3.05) is 11.9 Å². The first-order valence-electron chi connectivity index (χ1n) is 5.77. The summed E-state index contributed by atoms with van der Waals surface area (Å²) in [7, 11) is 0. The third-order valence-electron chi connectivity index (χ3n) is 3.91. The van der Waals surface area contributed by atoms with Crippen molar-refractivity contribution in [3.63, 3.8) is 0 Å². The highest BCUT2D eigenvalue weighted by molar-refractivity contribution is 7.09. The van der Waals surface area contributed by atoms with E-state index in [-0.39, 0.29) is 5.41 Å². The van der Waals surface area contributed by atoms with Gasteiger partial charge in [-0.1, -0.05) is 13.8 Å². The predicted octanol–water partition coefficient (Wildman–Crippen LogP) is 2.07. The van der Waals surface area contributed by atoms with Gasteiger partial charge in [0.15, 0.2) is 0 Å². The van der Waals surface area contributed by atoms with Gasteiger partial charge in [0.1, 0.15) is 5.82 Å². The Morgan fingerprint density at radius 3 is 3.00 bits per heavy atom. The first-order chi connectivity index (χ1) is 7.59. The van der Waals surface area contributed by atoms with Crippen LogP contribution in [0.1, 0.15) is 26.1 Å². The van der Waals surface area contributed by atoms with E-state index in [1.54, 1.807) is 0 Å². The van der Waals surface area contributed by atoms with Crippen LogP contribution in [0.15, 0.2) is 0 Å². The quantitative estimate of drug-likeness (QED) is 0.858. The highest BCUT2D eigenvalue weighted by Gasteiger charge is 2.59. The van der Waals surface area contributed by atoms with E-state index < -0.39 is 0 Å². The molecule has 2 aliphatic rings. The van der Waals surface area contributed by atoms with Crippen molar-refractivity contribution in [1.82, 2.24) is 9.36 Å². The molecule has 1 aromatic heterocycles. The van der Waals surface area contributed by atoms with Crippen LogP contribution in [-0.2, 0) is 4.74 Å². The number of hydrogen-bond acceptors (Lipinski definition) is 5. The molecule has 1 saturated carbocycles. The van der Waals surface area contributed by atoms with Crippen molar-refractivity contribution in [2.24, 2.45) is 11.3 Å². The minimum Gasteiger partial charge on any atom is -0.377 e. The molecule has 16 heavy (non-hydrogen) atoms. The molecule has 1 N–H and O–H groups in total. The van der Waals surface area contributed by atoms with Crippen LogP contribution in [-0.4, -0.2) is 28.1 Å². The van der Waals surface area contributed by atoms with Gasteiger partial charge in [-0.25, -0.2) is 4.98 Å². The van der Waals surface area contributed by atoms with E-state index in [0.29, 0.717) is 18.1 Å². The molecule has 1 aromatic rings. The minimum absolute atomic E-state index is 0.209. The Hall–Kier alpha value is -0.680. The molecule has 0 bridgehead atoms. The highest BCUT2D eigenvalue weighted by atomic mass is 32.1. The fourth-order valence-corrected chi connectivity index (χ4v) is 3.72. The van der Waals surface area contributed by atoms with Crippen molar-refractivity contribution in [2.45, 2.75) is 39.3 Å². The zero-order chi connectivity index (χ0) is 11.3. The molecule has 1 aliphatic carbocycles. The lowest BCUT2D eigenvalue weighted by atomic mass is 9.57. The SMILES string of the molecule is Cc1nsc(N[C@@H]2[C@@H]3CCO[C@H]3C2(C)C)n1. The van der Waals surface area contributed by atoms with Gasteiger partial charge in [0.25, 0.3) is 0 Å². The molecule has 0 spiro atoms. The Morgan fingerprint density at radius 2 is 2.31 bits per heavy atom. The molecule has 0 unspecified atom stereocenters. The average molecular weight is 239 g/mol. The van der Waals surface area contributed by atoms with Gasteiger partial charge in [-0.2, -0.15) is 4.37 Å². The molecule has 1 aliphatic heterocycles.